The van der Waals surface area contributed by atoms with Crippen molar-refractivity contribution in [1.82, 2.24) is 9.13 Å². The number of nitrogens with zero attached hydrogens (tertiary/aromatic N) is 5. The normalized spacial score (nSPS) is 11.1. The van der Waals surface area contributed by atoms with Crippen LogP contribution in [0.15, 0.2) is 152 Å². The predicted octanol–water partition coefficient (Wildman–Crippen LogP) is 10.8. The SMILES string of the molecule is N#Cc1ccc2c(c1)c1cc(C#N)ccc1n2-c1ccc(-c2ccc(-c3cccc(C#N)c3-n3c4ccccc4c4ccccc43)cc2)cc1. The molecule has 0 aliphatic rings. The number of para-hydroxylation sites is 3. The van der Waals surface area contributed by atoms with Crippen LogP contribution in [0.4, 0.5) is 0 Å². The number of fused-ring (bicyclic) bond motifs is 6. The second kappa shape index (κ2) is 11.4. The van der Waals surface area contributed by atoms with Gasteiger partial charge in [-0.3, -0.25) is 0 Å². The quantitative estimate of drug-likeness (QED) is 0.193. The van der Waals surface area contributed by atoms with Gasteiger partial charge >= 0.3 is 0 Å². The summed E-state index contributed by atoms with van der Waals surface area (Å²) in [6.45, 7) is 0. The summed E-state index contributed by atoms with van der Waals surface area (Å²) in [7, 11) is 0. The zero-order valence-corrected chi connectivity index (χ0v) is 26.7. The zero-order valence-electron chi connectivity index (χ0n) is 26.7. The Labute approximate surface area is 287 Å². The molecule has 0 amide bonds. The Morgan fingerprint density at radius 1 is 0.380 bits per heavy atom. The smallest absolute Gasteiger partial charge is 0.101 e. The number of hydrogen-bond donors (Lipinski definition) is 0. The van der Waals surface area contributed by atoms with Crippen LogP contribution in [0.5, 0.6) is 0 Å². The van der Waals surface area contributed by atoms with E-state index in [4.69, 9.17) is 0 Å². The molecule has 2 aromatic heterocycles. The van der Waals surface area contributed by atoms with Gasteiger partial charge in [0.1, 0.15) is 6.07 Å². The average molecular weight is 636 g/mol. The molecule has 0 saturated carbocycles. The Morgan fingerprint density at radius 3 is 1.42 bits per heavy atom. The van der Waals surface area contributed by atoms with Gasteiger partial charge in [-0.2, -0.15) is 15.8 Å². The first-order chi connectivity index (χ1) is 24.7. The maximum Gasteiger partial charge on any atom is 0.101 e. The molecule has 7 aromatic carbocycles. The van der Waals surface area contributed by atoms with E-state index in [0.29, 0.717) is 16.7 Å². The lowest BCUT2D eigenvalue weighted by Gasteiger charge is -2.16. The van der Waals surface area contributed by atoms with Crippen LogP contribution in [0.1, 0.15) is 16.7 Å². The van der Waals surface area contributed by atoms with Crippen molar-refractivity contribution in [3.63, 3.8) is 0 Å². The maximum atomic E-state index is 10.3. The summed E-state index contributed by atoms with van der Waals surface area (Å²) in [5.74, 6) is 0. The molecule has 0 aliphatic heterocycles. The summed E-state index contributed by atoms with van der Waals surface area (Å²) in [6, 6.07) is 58.0. The minimum atomic E-state index is 0.583. The van der Waals surface area contributed by atoms with Gasteiger partial charge < -0.3 is 9.13 Å². The van der Waals surface area contributed by atoms with Crippen molar-refractivity contribution in [1.29, 1.82) is 15.8 Å². The third kappa shape index (κ3) is 4.38. The van der Waals surface area contributed by atoms with Gasteiger partial charge in [-0.05, 0) is 83.4 Å². The molecule has 0 unspecified atom stereocenters. The lowest BCUT2D eigenvalue weighted by molar-refractivity contribution is 1.17. The van der Waals surface area contributed by atoms with Crippen LogP contribution < -0.4 is 0 Å². The molecule has 0 aliphatic carbocycles. The van der Waals surface area contributed by atoms with Crippen LogP contribution in [0, 0.1) is 34.0 Å². The predicted molar refractivity (Wildman–Crippen MR) is 200 cm³/mol. The summed E-state index contributed by atoms with van der Waals surface area (Å²) >= 11 is 0. The molecule has 0 spiro atoms. The van der Waals surface area contributed by atoms with Crippen molar-refractivity contribution in [2.24, 2.45) is 0 Å². The van der Waals surface area contributed by atoms with Gasteiger partial charge in [-0.1, -0.05) is 84.9 Å². The molecule has 5 heteroatoms. The van der Waals surface area contributed by atoms with Crippen LogP contribution in [0.3, 0.4) is 0 Å². The number of benzene rings is 7. The average Bonchev–Trinajstić information content (AvgIpc) is 3.69. The van der Waals surface area contributed by atoms with Crippen molar-refractivity contribution in [3.8, 4) is 51.8 Å². The molecule has 230 valence electrons. The van der Waals surface area contributed by atoms with Crippen LogP contribution in [-0.4, -0.2) is 9.13 Å². The van der Waals surface area contributed by atoms with E-state index in [1.54, 1.807) is 0 Å². The van der Waals surface area contributed by atoms with Crippen molar-refractivity contribution < 1.29 is 0 Å². The van der Waals surface area contributed by atoms with Gasteiger partial charge in [0, 0.05) is 32.8 Å². The van der Waals surface area contributed by atoms with Crippen molar-refractivity contribution >= 4 is 43.6 Å². The largest absolute Gasteiger partial charge is 0.309 e. The molecule has 0 N–H and O–H groups in total. The van der Waals surface area contributed by atoms with E-state index in [0.717, 1.165) is 77.2 Å². The van der Waals surface area contributed by atoms with Gasteiger partial charge in [0.25, 0.3) is 0 Å². The molecular weight excluding hydrogens is 611 g/mol. The standard InChI is InChI=1S/C45H25N5/c46-26-29-12-22-43-39(24-29)40-25-30(27-47)13-23-44(40)49(43)35-20-18-32(19-21-35)31-14-16-33(17-15-31)36-9-5-6-34(28-48)45(36)50-41-10-3-1-7-37(41)38-8-2-4-11-42(38)50/h1-25H. The third-order valence-corrected chi connectivity index (χ3v) is 9.64. The number of aromatic nitrogens is 2. The summed E-state index contributed by atoms with van der Waals surface area (Å²) in [6.07, 6.45) is 0. The Morgan fingerprint density at radius 2 is 0.880 bits per heavy atom. The van der Waals surface area contributed by atoms with Gasteiger partial charge in [-0.15, -0.1) is 0 Å². The first-order valence-electron chi connectivity index (χ1n) is 16.3. The fraction of sp³-hybridized carbons (Fsp3) is 0. The molecule has 2 heterocycles. The Balaban J connectivity index is 1.12. The first-order valence-corrected chi connectivity index (χ1v) is 16.3. The summed E-state index contributed by atoms with van der Waals surface area (Å²) in [5, 5.41) is 33.6. The summed E-state index contributed by atoms with van der Waals surface area (Å²) in [4.78, 5) is 0. The van der Waals surface area contributed by atoms with Crippen molar-refractivity contribution in [2.45, 2.75) is 0 Å². The van der Waals surface area contributed by atoms with E-state index in [-0.39, 0.29) is 0 Å². The molecule has 0 fully saturated rings. The molecule has 9 rings (SSSR count). The second-order valence-electron chi connectivity index (χ2n) is 12.3. The number of rotatable bonds is 4. The molecule has 0 bridgehead atoms. The lowest BCUT2D eigenvalue weighted by Crippen LogP contribution is -2.00. The maximum absolute atomic E-state index is 10.3. The topological polar surface area (TPSA) is 81.2 Å². The number of nitriles is 3. The van der Waals surface area contributed by atoms with E-state index in [1.807, 2.05) is 60.7 Å². The minimum Gasteiger partial charge on any atom is -0.309 e. The molecule has 9 aromatic rings. The minimum absolute atomic E-state index is 0.583. The first kappa shape index (κ1) is 28.8. The fourth-order valence-electron chi connectivity index (χ4n) is 7.36. The number of hydrogen-bond acceptors (Lipinski definition) is 3. The molecule has 0 atom stereocenters. The van der Waals surface area contributed by atoms with Crippen LogP contribution >= 0.6 is 0 Å². The Hall–Kier alpha value is -7.39. The molecule has 0 radical (unpaired) electrons. The summed E-state index contributed by atoms with van der Waals surface area (Å²) in [5.41, 5.74) is 11.9. The van der Waals surface area contributed by atoms with Crippen LogP contribution in [-0.2, 0) is 0 Å². The van der Waals surface area contributed by atoms with Gasteiger partial charge in [0.15, 0.2) is 0 Å². The molecule has 50 heavy (non-hydrogen) atoms. The molecule has 5 nitrogen and oxygen atoms in total. The van der Waals surface area contributed by atoms with Gasteiger partial charge in [0.05, 0.1) is 56.6 Å². The van der Waals surface area contributed by atoms with Gasteiger partial charge in [-0.25, -0.2) is 0 Å². The highest BCUT2D eigenvalue weighted by Crippen LogP contribution is 2.39. The van der Waals surface area contributed by atoms with Crippen molar-refractivity contribution in [3.05, 3.63) is 168 Å². The monoisotopic (exact) mass is 635 g/mol. The Kier molecular flexibility index (Phi) is 6.56. The van der Waals surface area contributed by atoms with Crippen molar-refractivity contribution in [2.75, 3.05) is 0 Å². The fourth-order valence-corrected chi connectivity index (χ4v) is 7.36. The summed E-state index contributed by atoms with van der Waals surface area (Å²) < 4.78 is 4.40. The van der Waals surface area contributed by atoms with Crippen LogP contribution in [0.25, 0.3) is 77.2 Å². The van der Waals surface area contributed by atoms with E-state index in [9.17, 15) is 15.8 Å². The highest BCUT2D eigenvalue weighted by molar-refractivity contribution is 6.11. The van der Waals surface area contributed by atoms with Gasteiger partial charge in [0.2, 0.25) is 0 Å². The zero-order chi connectivity index (χ0) is 33.8. The van der Waals surface area contributed by atoms with Crippen LogP contribution in [0.2, 0.25) is 0 Å². The van der Waals surface area contributed by atoms with E-state index >= 15 is 0 Å². The van der Waals surface area contributed by atoms with E-state index in [2.05, 4.69) is 118 Å². The molecule has 0 saturated heterocycles. The second-order valence-corrected chi connectivity index (χ2v) is 12.3. The highest BCUT2D eigenvalue weighted by atomic mass is 15.0. The third-order valence-electron chi connectivity index (χ3n) is 9.64. The Bertz CT molecular complexity index is 2810. The molecular formula is C45H25N5. The van der Waals surface area contributed by atoms with E-state index < -0.39 is 0 Å². The lowest BCUT2D eigenvalue weighted by atomic mass is 9.97. The van der Waals surface area contributed by atoms with E-state index in [1.165, 1.54) is 0 Å². The highest BCUT2D eigenvalue weighted by Gasteiger charge is 2.19.